The predicted octanol–water partition coefficient (Wildman–Crippen LogP) is 2.38. The molecule has 0 aliphatic heterocycles. The van der Waals surface area contributed by atoms with Crippen molar-refractivity contribution < 1.29 is 9.90 Å². The fourth-order valence-electron chi connectivity index (χ4n) is 2.55. The summed E-state index contributed by atoms with van der Waals surface area (Å²) in [6.45, 7) is 4.06. The number of nitriles is 1. The van der Waals surface area contributed by atoms with Crippen molar-refractivity contribution in [1.29, 1.82) is 5.26 Å². The van der Waals surface area contributed by atoms with Gasteiger partial charge in [0.2, 0.25) is 0 Å². The molecule has 4 nitrogen and oxygen atoms in total. The Labute approximate surface area is 125 Å². The summed E-state index contributed by atoms with van der Waals surface area (Å²) < 4.78 is 0. The van der Waals surface area contributed by atoms with Gasteiger partial charge in [0, 0.05) is 5.56 Å². The van der Waals surface area contributed by atoms with Gasteiger partial charge in [-0.3, -0.25) is 4.79 Å². The van der Waals surface area contributed by atoms with Gasteiger partial charge in [0.1, 0.15) is 0 Å². The second-order valence-corrected chi connectivity index (χ2v) is 6.25. The number of aliphatic hydroxyl groups excluding tert-OH is 1. The largest absolute Gasteiger partial charge is 0.394 e. The third-order valence-electron chi connectivity index (χ3n) is 3.98. The molecule has 0 heterocycles. The van der Waals surface area contributed by atoms with E-state index in [1.807, 2.05) is 12.1 Å². The molecule has 2 rings (SSSR count). The van der Waals surface area contributed by atoms with Crippen LogP contribution < -0.4 is 5.32 Å². The Bertz CT molecular complexity index is 539. The van der Waals surface area contributed by atoms with Gasteiger partial charge in [-0.25, -0.2) is 0 Å². The van der Waals surface area contributed by atoms with Gasteiger partial charge in [0.05, 0.1) is 24.1 Å². The first-order valence-electron chi connectivity index (χ1n) is 7.44. The van der Waals surface area contributed by atoms with Crippen LogP contribution in [0, 0.1) is 17.2 Å². The summed E-state index contributed by atoms with van der Waals surface area (Å²) in [5.41, 5.74) is 1.23. The first kappa shape index (κ1) is 15.5. The highest BCUT2D eigenvalue weighted by molar-refractivity contribution is 5.94. The van der Waals surface area contributed by atoms with Crippen molar-refractivity contribution in [3.8, 4) is 6.07 Å². The van der Waals surface area contributed by atoms with Crippen molar-refractivity contribution in [3.63, 3.8) is 0 Å². The quantitative estimate of drug-likeness (QED) is 0.843. The molecule has 4 heteroatoms. The van der Waals surface area contributed by atoms with E-state index < -0.39 is 0 Å². The Morgan fingerprint density at radius 2 is 2.00 bits per heavy atom. The van der Waals surface area contributed by atoms with E-state index in [1.54, 1.807) is 12.1 Å². The standard InChI is InChI=1S/C17H22N2O2/c1-12(2)9-15(10-20)19-16(21)13-3-5-14(6-4-13)17(11-18)7-8-17/h3-6,12,15,20H,7-10H2,1-2H3,(H,19,21). The number of nitrogens with one attached hydrogen (secondary N) is 1. The van der Waals surface area contributed by atoms with Gasteiger partial charge in [-0.15, -0.1) is 0 Å². The van der Waals surface area contributed by atoms with Gasteiger partial charge >= 0.3 is 0 Å². The second-order valence-electron chi connectivity index (χ2n) is 6.25. The summed E-state index contributed by atoms with van der Waals surface area (Å²) in [5, 5.41) is 21.3. The Kier molecular flexibility index (Phi) is 4.64. The van der Waals surface area contributed by atoms with E-state index in [-0.39, 0.29) is 24.0 Å². The maximum absolute atomic E-state index is 12.2. The van der Waals surface area contributed by atoms with Crippen LogP contribution in [0.5, 0.6) is 0 Å². The minimum Gasteiger partial charge on any atom is -0.394 e. The highest BCUT2D eigenvalue weighted by Gasteiger charge is 2.44. The third kappa shape index (κ3) is 3.62. The van der Waals surface area contributed by atoms with Crippen LogP contribution in [0.15, 0.2) is 24.3 Å². The number of amides is 1. The number of hydrogen-bond donors (Lipinski definition) is 2. The van der Waals surface area contributed by atoms with Gasteiger partial charge in [-0.1, -0.05) is 26.0 Å². The second kappa shape index (κ2) is 6.28. The summed E-state index contributed by atoms with van der Waals surface area (Å²) >= 11 is 0. The van der Waals surface area contributed by atoms with Crippen molar-refractivity contribution in [3.05, 3.63) is 35.4 Å². The van der Waals surface area contributed by atoms with Crippen LogP contribution in [0.25, 0.3) is 0 Å². The van der Waals surface area contributed by atoms with Crippen LogP contribution in [0.1, 0.15) is 49.0 Å². The number of aliphatic hydroxyl groups is 1. The zero-order valence-corrected chi connectivity index (χ0v) is 12.6. The molecule has 1 amide bonds. The Balaban J connectivity index is 2.01. The number of rotatable bonds is 6. The molecule has 1 atom stereocenters. The lowest BCUT2D eigenvalue weighted by Gasteiger charge is -2.18. The van der Waals surface area contributed by atoms with Crippen molar-refractivity contribution in [2.24, 2.45) is 5.92 Å². The number of hydrogen-bond acceptors (Lipinski definition) is 3. The monoisotopic (exact) mass is 286 g/mol. The molecule has 1 fully saturated rings. The zero-order valence-electron chi connectivity index (χ0n) is 12.6. The summed E-state index contributed by atoms with van der Waals surface area (Å²) in [6.07, 6.45) is 2.55. The molecule has 1 saturated carbocycles. The topological polar surface area (TPSA) is 73.1 Å². The fourth-order valence-corrected chi connectivity index (χ4v) is 2.55. The van der Waals surface area contributed by atoms with E-state index in [0.717, 1.165) is 24.8 Å². The van der Waals surface area contributed by atoms with Crippen LogP contribution in [-0.2, 0) is 5.41 Å². The fraction of sp³-hybridized carbons (Fsp3) is 0.529. The average Bonchev–Trinajstić information content (AvgIpc) is 3.27. The van der Waals surface area contributed by atoms with Crippen LogP contribution in [0.2, 0.25) is 0 Å². The summed E-state index contributed by atoms with van der Waals surface area (Å²) in [6, 6.07) is 9.37. The van der Waals surface area contributed by atoms with Gasteiger partial charge in [-0.2, -0.15) is 5.26 Å². The van der Waals surface area contributed by atoms with Crippen LogP contribution >= 0.6 is 0 Å². The highest BCUT2D eigenvalue weighted by atomic mass is 16.3. The molecule has 1 aliphatic rings. The first-order chi connectivity index (χ1) is 10.0. The maximum Gasteiger partial charge on any atom is 0.251 e. The molecule has 21 heavy (non-hydrogen) atoms. The van der Waals surface area contributed by atoms with Gasteiger partial charge < -0.3 is 10.4 Å². The number of carbonyl (C=O) groups is 1. The zero-order chi connectivity index (χ0) is 15.5. The molecule has 1 aliphatic carbocycles. The van der Waals surface area contributed by atoms with Crippen LogP contribution in [0.4, 0.5) is 0 Å². The highest BCUT2D eigenvalue weighted by Crippen LogP contribution is 2.47. The lowest BCUT2D eigenvalue weighted by atomic mass is 9.96. The molecular weight excluding hydrogens is 264 g/mol. The van der Waals surface area contributed by atoms with Crippen LogP contribution in [-0.4, -0.2) is 23.7 Å². The van der Waals surface area contributed by atoms with E-state index in [4.69, 9.17) is 5.26 Å². The van der Waals surface area contributed by atoms with E-state index in [1.165, 1.54) is 0 Å². The van der Waals surface area contributed by atoms with E-state index in [0.29, 0.717) is 11.5 Å². The molecule has 0 bridgehead atoms. The molecule has 0 spiro atoms. The minimum absolute atomic E-state index is 0.0560. The lowest BCUT2D eigenvalue weighted by Crippen LogP contribution is -2.38. The number of benzene rings is 1. The molecule has 2 N–H and O–H groups in total. The van der Waals surface area contributed by atoms with Crippen molar-refractivity contribution >= 4 is 5.91 Å². The average molecular weight is 286 g/mol. The molecule has 1 unspecified atom stereocenters. The Morgan fingerprint density at radius 1 is 1.38 bits per heavy atom. The Morgan fingerprint density at radius 3 is 2.43 bits per heavy atom. The van der Waals surface area contributed by atoms with Crippen molar-refractivity contribution in [2.75, 3.05) is 6.61 Å². The van der Waals surface area contributed by atoms with Gasteiger partial charge in [-0.05, 0) is 42.9 Å². The predicted molar refractivity (Wildman–Crippen MR) is 80.8 cm³/mol. The Hall–Kier alpha value is -1.86. The van der Waals surface area contributed by atoms with Gasteiger partial charge in [0.25, 0.3) is 5.91 Å². The van der Waals surface area contributed by atoms with E-state index >= 15 is 0 Å². The van der Waals surface area contributed by atoms with Gasteiger partial charge in [0.15, 0.2) is 0 Å². The molecule has 1 aromatic rings. The van der Waals surface area contributed by atoms with Crippen LogP contribution in [0.3, 0.4) is 0 Å². The minimum atomic E-state index is -0.319. The molecule has 0 radical (unpaired) electrons. The first-order valence-corrected chi connectivity index (χ1v) is 7.44. The van der Waals surface area contributed by atoms with Crippen molar-refractivity contribution in [2.45, 2.75) is 44.6 Å². The summed E-state index contributed by atoms with van der Waals surface area (Å²) in [4.78, 5) is 12.2. The summed E-state index contributed by atoms with van der Waals surface area (Å²) in [5.74, 6) is 0.234. The number of nitrogens with zero attached hydrogens (tertiary/aromatic N) is 1. The molecule has 0 saturated heterocycles. The maximum atomic E-state index is 12.2. The number of carbonyl (C=O) groups excluding carboxylic acids is 1. The van der Waals surface area contributed by atoms with E-state index in [9.17, 15) is 9.90 Å². The third-order valence-corrected chi connectivity index (χ3v) is 3.98. The molecular formula is C17H22N2O2. The van der Waals surface area contributed by atoms with E-state index in [2.05, 4.69) is 25.2 Å². The summed E-state index contributed by atoms with van der Waals surface area (Å²) in [7, 11) is 0. The van der Waals surface area contributed by atoms with Crippen molar-refractivity contribution in [1.82, 2.24) is 5.32 Å². The molecule has 112 valence electrons. The smallest absolute Gasteiger partial charge is 0.251 e. The SMILES string of the molecule is CC(C)CC(CO)NC(=O)c1ccc(C2(C#N)CC2)cc1. The normalized spacial score (nSPS) is 17.1. The lowest BCUT2D eigenvalue weighted by molar-refractivity contribution is 0.0908. The molecule has 0 aromatic heterocycles. The molecule has 1 aromatic carbocycles.